The average molecular weight is 493 g/mol. The van der Waals surface area contributed by atoms with Gasteiger partial charge in [-0.1, -0.05) is 26.5 Å². The van der Waals surface area contributed by atoms with Gasteiger partial charge in [-0.25, -0.2) is 4.98 Å². The summed E-state index contributed by atoms with van der Waals surface area (Å²) < 4.78 is 0. The SMILES string of the molecule is C=Cc1c(C)c2cc3nc(c(C)c4nc(cc5[nH]c(cc1[nH]2)c(C)c5CC)C(C)=C4)[C@@H](CCC=O)C3C. The molecule has 2 atom stereocenters. The Morgan fingerprint density at radius 3 is 2.38 bits per heavy atom. The monoisotopic (exact) mass is 492 g/mol. The number of hydrogen-bond donors (Lipinski definition) is 2. The summed E-state index contributed by atoms with van der Waals surface area (Å²) in [5.41, 5.74) is 15.3. The lowest BCUT2D eigenvalue weighted by Gasteiger charge is -2.15. The predicted octanol–water partition coefficient (Wildman–Crippen LogP) is 7.87. The van der Waals surface area contributed by atoms with Gasteiger partial charge < -0.3 is 14.8 Å². The molecule has 2 aliphatic rings. The number of aromatic nitrogens is 4. The van der Waals surface area contributed by atoms with Crippen LogP contribution in [-0.4, -0.2) is 26.2 Å². The van der Waals surface area contributed by atoms with Crippen LogP contribution in [0.15, 0.2) is 24.8 Å². The van der Waals surface area contributed by atoms with Crippen LogP contribution < -0.4 is 0 Å². The van der Waals surface area contributed by atoms with E-state index in [0.717, 1.165) is 86.2 Å². The largest absolute Gasteiger partial charge is 0.355 e. The standard InChI is InChI=1S/C32H36N4O/c1-8-22-19(5)28-16-31-23(9-2)18(4)27(34-31)15-29-20(6)24(11-10-12-37)32(36-29)21(7)26-13-17(3)25(33-26)14-30(22)35-28/h9,12-16,20,24,34-35H,2,8,10-11H2,1,3-7H3/t20?,24-/m0/s1. The molecule has 37 heavy (non-hydrogen) atoms. The van der Waals surface area contributed by atoms with Gasteiger partial charge in [0.15, 0.2) is 0 Å². The van der Waals surface area contributed by atoms with Crippen molar-refractivity contribution in [1.29, 1.82) is 0 Å². The van der Waals surface area contributed by atoms with Crippen LogP contribution in [0.2, 0.25) is 0 Å². The molecule has 2 aliphatic heterocycles. The van der Waals surface area contributed by atoms with Crippen molar-refractivity contribution >= 4 is 46.1 Å². The number of fused-ring (bicyclic) bond motifs is 8. The minimum Gasteiger partial charge on any atom is -0.355 e. The van der Waals surface area contributed by atoms with Crippen molar-refractivity contribution in [3.63, 3.8) is 0 Å². The Bertz CT molecular complexity index is 1620. The Morgan fingerprint density at radius 1 is 0.946 bits per heavy atom. The minimum atomic E-state index is 0.177. The lowest BCUT2D eigenvalue weighted by atomic mass is 9.86. The van der Waals surface area contributed by atoms with Gasteiger partial charge >= 0.3 is 0 Å². The average Bonchev–Trinajstić information content (AvgIpc) is 3.57. The van der Waals surface area contributed by atoms with Gasteiger partial charge in [0.1, 0.15) is 6.29 Å². The third kappa shape index (κ3) is 4.16. The molecule has 8 bridgehead atoms. The van der Waals surface area contributed by atoms with Gasteiger partial charge in [0, 0.05) is 57.3 Å². The van der Waals surface area contributed by atoms with Crippen molar-refractivity contribution in [1.82, 2.24) is 19.9 Å². The van der Waals surface area contributed by atoms with E-state index >= 15 is 0 Å². The molecule has 190 valence electrons. The first-order valence-corrected chi connectivity index (χ1v) is 13.3. The Morgan fingerprint density at radius 2 is 1.68 bits per heavy atom. The molecule has 0 fully saturated rings. The van der Waals surface area contributed by atoms with Gasteiger partial charge in [0.25, 0.3) is 0 Å². The maximum atomic E-state index is 11.3. The number of nitrogens with zero attached hydrogens (tertiary/aromatic N) is 2. The molecule has 0 aromatic carbocycles. The normalized spacial score (nSPS) is 17.1. The molecule has 5 nitrogen and oxygen atoms in total. The zero-order chi connectivity index (χ0) is 26.4. The van der Waals surface area contributed by atoms with Crippen LogP contribution in [0.25, 0.3) is 39.8 Å². The van der Waals surface area contributed by atoms with Gasteiger partial charge in [-0.2, -0.15) is 0 Å². The molecular formula is C32H36N4O. The van der Waals surface area contributed by atoms with Crippen LogP contribution in [0.3, 0.4) is 0 Å². The Balaban J connectivity index is 1.95. The first-order valence-electron chi connectivity index (χ1n) is 13.3. The molecule has 0 radical (unpaired) electrons. The smallest absolute Gasteiger partial charge is 0.120 e. The fourth-order valence-electron chi connectivity index (χ4n) is 5.93. The molecular weight excluding hydrogens is 456 g/mol. The quantitative estimate of drug-likeness (QED) is 0.356. The van der Waals surface area contributed by atoms with E-state index in [9.17, 15) is 4.79 Å². The Hall–Kier alpha value is -3.73. The highest BCUT2D eigenvalue weighted by Gasteiger charge is 2.30. The topological polar surface area (TPSA) is 74.4 Å². The van der Waals surface area contributed by atoms with E-state index in [2.05, 4.69) is 82.4 Å². The fraction of sp³-hybridized carbons (Fsp3) is 0.344. The zero-order valence-corrected chi connectivity index (χ0v) is 22.7. The number of H-pyrrole nitrogens is 2. The summed E-state index contributed by atoms with van der Waals surface area (Å²) in [6.45, 7) is 17.1. The van der Waals surface area contributed by atoms with Crippen molar-refractivity contribution in [2.45, 2.75) is 72.6 Å². The van der Waals surface area contributed by atoms with E-state index in [0.29, 0.717) is 6.42 Å². The zero-order valence-electron chi connectivity index (χ0n) is 22.7. The lowest BCUT2D eigenvalue weighted by molar-refractivity contribution is -0.108. The first-order chi connectivity index (χ1) is 17.8. The number of aryl methyl sites for hydroxylation is 3. The summed E-state index contributed by atoms with van der Waals surface area (Å²) in [6, 6.07) is 6.55. The maximum Gasteiger partial charge on any atom is 0.120 e. The summed E-state index contributed by atoms with van der Waals surface area (Å²) in [4.78, 5) is 28.8. The summed E-state index contributed by atoms with van der Waals surface area (Å²) in [7, 11) is 0. The van der Waals surface area contributed by atoms with Crippen LogP contribution in [0.1, 0.15) is 96.0 Å². The molecule has 0 spiro atoms. The molecule has 0 amide bonds. The van der Waals surface area contributed by atoms with Crippen LogP contribution in [0.4, 0.5) is 0 Å². The van der Waals surface area contributed by atoms with Crippen molar-refractivity contribution in [2.24, 2.45) is 0 Å². The summed E-state index contributed by atoms with van der Waals surface area (Å²) >= 11 is 0. The van der Waals surface area contributed by atoms with Gasteiger partial charge in [0.2, 0.25) is 0 Å². The predicted molar refractivity (Wildman–Crippen MR) is 155 cm³/mol. The van der Waals surface area contributed by atoms with Gasteiger partial charge in [-0.3, -0.25) is 4.98 Å². The molecule has 5 heterocycles. The fourth-order valence-corrected chi connectivity index (χ4v) is 5.93. The number of aldehydes is 1. The van der Waals surface area contributed by atoms with Crippen LogP contribution in [-0.2, 0) is 11.2 Å². The van der Waals surface area contributed by atoms with Crippen LogP contribution in [0.5, 0.6) is 0 Å². The van der Waals surface area contributed by atoms with E-state index in [4.69, 9.17) is 9.97 Å². The lowest BCUT2D eigenvalue weighted by Crippen LogP contribution is -2.04. The van der Waals surface area contributed by atoms with E-state index in [1.54, 1.807) is 0 Å². The second kappa shape index (κ2) is 9.62. The van der Waals surface area contributed by atoms with Crippen molar-refractivity contribution in [2.75, 3.05) is 0 Å². The minimum absolute atomic E-state index is 0.177. The van der Waals surface area contributed by atoms with Crippen LogP contribution in [0, 0.1) is 20.8 Å². The first kappa shape index (κ1) is 24.9. The van der Waals surface area contributed by atoms with Gasteiger partial charge in [0.05, 0.1) is 11.4 Å². The highest BCUT2D eigenvalue weighted by Crippen LogP contribution is 2.41. The Labute approximate surface area is 218 Å². The molecule has 3 aromatic heterocycles. The number of hydrogen-bond acceptors (Lipinski definition) is 3. The number of allylic oxidation sites excluding steroid dienone is 1. The molecule has 0 saturated heterocycles. The molecule has 2 N–H and O–H groups in total. The molecule has 0 saturated carbocycles. The van der Waals surface area contributed by atoms with E-state index in [1.807, 2.05) is 6.08 Å². The van der Waals surface area contributed by atoms with Crippen LogP contribution >= 0.6 is 0 Å². The third-order valence-corrected chi connectivity index (χ3v) is 8.27. The van der Waals surface area contributed by atoms with Crippen molar-refractivity contribution in [3.05, 3.63) is 75.4 Å². The number of carbonyl (C=O) groups is 1. The molecule has 5 heteroatoms. The van der Waals surface area contributed by atoms with Crippen molar-refractivity contribution in [3.8, 4) is 0 Å². The van der Waals surface area contributed by atoms with Crippen molar-refractivity contribution < 1.29 is 4.79 Å². The molecule has 3 aromatic rings. The third-order valence-electron chi connectivity index (χ3n) is 8.27. The number of rotatable bonds is 5. The second-order valence-electron chi connectivity index (χ2n) is 10.4. The van der Waals surface area contributed by atoms with E-state index in [1.165, 1.54) is 11.1 Å². The number of aromatic amines is 2. The van der Waals surface area contributed by atoms with Gasteiger partial charge in [-0.05, 0) is 92.6 Å². The number of carbonyl (C=O) groups excluding carboxylic acids is 1. The van der Waals surface area contributed by atoms with E-state index in [-0.39, 0.29) is 11.8 Å². The summed E-state index contributed by atoms with van der Waals surface area (Å²) in [5, 5.41) is 0. The highest BCUT2D eigenvalue weighted by atomic mass is 16.1. The molecule has 5 rings (SSSR count). The molecule has 1 unspecified atom stereocenters. The second-order valence-corrected chi connectivity index (χ2v) is 10.4. The maximum absolute atomic E-state index is 11.3. The highest BCUT2D eigenvalue weighted by molar-refractivity contribution is 5.86. The van der Waals surface area contributed by atoms with Gasteiger partial charge in [-0.15, -0.1) is 0 Å². The summed E-state index contributed by atoms with van der Waals surface area (Å²) in [6.07, 6.45) is 7.34. The Kier molecular flexibility index (Phi) is 6.49. The van der Waals surface area contributed by atoms with E-state index < -0.39 is 0 Å². The summed E-state index contributed by atoms with van der Waals surface area (Å²) in [5.74, 6) is 0.376. The number of nitrogens with one attached hydrogen (secondary N) is 2. The molecule has 0 aliphatic carbocycles.